The lowest BCUT2D eigenvalue weighted by molar-refractivity contribution is -0.174. The van der Waals surface area contributed by atoms with Crippen molar-refractivity contribution >= 4 is 5.91 Å². The van der Waals surface area contributed by atoms with Crippen LogP contribution in [0.2, 0.25) is 0 Å². The van der Waals surface area contributed by atoms with Crippen molar-refractivity contribution in [1.29, 1.82) is 0 Å². The molecule has 0 saturated carbocycles. The molecule has 0 fully saturated rings. The summed E-state index contributed by atoms with van der Waals surface area (Å²) in [4.78, 5) is 9.98. The van der Waals surface area contributed by atoms with E-state index in [9.17, 15) is 18.0 Å². The molecule has 0 atom stereocenters. The summed E-state index contributed by atoms with van der Waals surface area (Å²) >= 11 is 0. The van der Waals surface area contributed by atoms with Gasteiger partial charge in [0, 0.05) is 6.04 Å². The molecule has 0 rings (SSSR count). The van der Waals surface area contributed by atoms with Gasteiger partial charge in [0.25, 0.3) is 0 Å². The molecule has 0 aromatic carbocycles. The number of hydrogen-bond donors (Lipinski definition) is 0. The minimum Gasteiger partial charge on any atom is -0.262 e. The van der Waals surface area contributed by atoms with E-state index in [-0.39, 0.29) is 0 Å². The molecule has 1 amide bonds. The lowest BCUT2D eigenvalue weighted by Gasteiger charge is -2.06. The zero-order valence-corrected chi connectivity index (χ0v) is 5.57. The van der Waals surface area contributed by atoms with Gasteiger partial charge in [0.05, 0.1) is 0 Å². The molecule has 59 valence electrons. The van der Waals surface area contributed by atoms with Crippen LogP contribution < -0.4 is 5.32 Å². The van der Waals surface area contributed by atoms with E-state index in [1.54, 1.807) is 0 Å². The average molecular weight is 154 g/mol. The molecule has 0 heterocycles. The third-order valence-electron chi connectivity index (χ3n) is 0.618. The lowest BCUT2D eigenvalue weighted by atomic mass is 10.4. The molecule has 0 spiro atoms. The summed E-state index contributed by atoms with van der Waals surface area (Å²) in [5.74, 6) is -2.01. The molecule has 0 aliphatic rings. The number of alkyl halides is 3. The first-order chi connectivity index (χ1) is 4.34. The Morgan fingerprint density at radius 2 is 1.80 bits per heavy atom. The number of carbonyl (C=O) groups is 1. The van der Waals surface area contributed by atoms with Crippen molar-refractivity contribution < 1.29 is 18.0 Å². The van der Waals surface area contributed by atoms with E-state index in [2.05, 4.69) is 5.32 Å². The van der Waals surface area contributed by atoms with Crippen LogP contribution in [0.1, 0.15) is 13.8 Å². The number of halogens is 3. The SMILES string of the molecule is CC(C)[N]C(=O)C(F)(F)F. The summed E-state index contributed by atoms with van der Waals surface area (Å²) in [5, 5.41) is 2.78. The Kier molecular flexibility index (Phi) is 2.68. The van der Waals surface area contributed by atoms with E-state index in [4.69, 9.17) is 0 Å². The van der Waals surface area contributed by atoms with E-state index in [0.717, 1.165) is 0 Å². The molecule has 0 aromatic heterocycles. The van der Waals surface area contributed by atoms with Crippen LogP contribution in [0.3, 0.4) is 0 Å². The Labute approximate surface area is 56.4 Å². The fraction of sp³-hybridized carbons (Fsp3) is 0.800. The smallest absolute Gasteiger partial charge is 0.262 e. The zero-order chi connectivity index (χ0) is 8.36. The highest BCUT2D eigenvalue weighted by atomic mass is 19.4. The van der Waals surface area contributed by atoms with Gasteiger partial charge < -0.3 is 0 Å². The van der Waals surface area contributed by atoms with Crippen molar-refractivity contribution in [2.24, 2.45) is 0 Å². The second-order valence-corrected chi connectivity index (χ2v) is 2.03. The highest BCUT2D eigenvalue weighted by molar-refractivity contribution is 5.81. The Morgan fingerprint density at radius 1 is 1.40 bits per heavy atom. The quantitative estimate of drug-likeness (QED) is 0.556. The topological polar surface area (TPSA) is 31.2 Å². The Balaban J connectivity index is 3.87. The molecule has 0 saturated heterocycles. The zero-order valence-electron chi connectivity index (χ0n) is 5.57. The van der Waals surface area contributed by atoms with Gasteiger partial charge in [-0.05, 0) is 13.8 Å². The Bertz CT molecular complexity index is 129. The van der Waals surface area contributed by atoms with Crippen molar-refractivity contribution in [2.75, 3.05) is 0 Å². The maximum atomic E-state index is 11.4. The van der Waals surface area contributed by atoms with E-state index in [1.807, 2.05) is 0 Å². The second kappa shape index (κ2) is 2.90. The molecule has 5 heteroatoms. The van der Waals surface area contributed by atoms with E-state index >= 15 is 0 Å². The van der Waals surface area contributed by atoms with Crippen LogP contribution in [0.25, 0.3) is 0 Å². The Morgan fingerprint density at radius 3 is 1.90 bits per heavy atom. The maximum absolute atomic E-state index is 11.4. The molecule has 2 nitrogen and oxygen atoms in total. The summed E-state index contributed by atoms with van der Waals surface area (Å²) < 4.78 is 34.1. The van der Waals surface area contributed by atoms with Gasteiger partial charge in [-0.25, -0.2) is 5.32 Å². The summed E-state index contributed by atoms with van der Waals surface area (Å²) in [6.45, 7) is 2.81. The van der Waals surface area contributed by atoms with Gasteiger partial charge in [-0.15, -0.1) is 0 Å². The van der Waals surface area contributed by atoms with Crippen LogP contribution in [0.4, 0.5) is 13.2 Å². The first-order valence-corrected chi connectivity index (χ1v) is 2.66. The molecule has 0 bridgehead atoms. The van der Waals surface area contributed by atoms with E-state index < -0.39 is 18.1 Å². The van der Waals surface area contributed by atoms with Crippen molar-refractivity contribution in [3.05, 3.63) is 0 Å². The fourth-order valence-corrected chi connectivity index (χ4v) is 0.308. The Hall–Kier alpha value is -0.740. The first kappa shape index (κ1) is 9.26. The fourth-order valence-electron chi connectivity index (χ4n) is 0.308. The van der Waals surface area contributed by atoms with Gasteiger partial charge in [0.15, 0.2) is 0 Å². The summed E-state index contributed by atoms with van der Waals surface area (Å²) in [6.07, 6.45) is -4.82. The van der Waals surface area contributed by atoms with Crippen LogP contribution in [0.5, 0.6) is 0 Å². The predicted molar refractivity (Wildman–Crippen MR) is 28.3 cm³/mol. The summed E-state index contributed by atoms with van der Waals surface area (Å²) in [6, 6.07) is -0.603. The van der Waals surface area contributed by atoms with Crippen molar-refractivity contribution in [2.45, 2.75) is 26.1 Å². The molecule has 0 N–H and O–H groups in total. The van der Waals surface area contributed by atoms with E-state index in [0.29, 0.717) is 0 Å². The first-order valence-electron chi connectivity index (χ1n) is 2.66. The maximum Gasteiger partial charge on any atom is 0.473 e. The highest BCUT2D eigenvalue weighted by Crippen LogP contribution is 2.14. The molecular formula is C5H7F3NO. The second-order valence-electron chi connectivity index (χ2n) is 2.03. The normalized spacial score (nSPS) is 11.8. The summed E-state index contributed by atoms with van der Waals surface area (Å²) in [7, 11) is 0. The minimum atomic E-state index is -4.82. The van der Waals surface area contributed by atoms with Gasteiger partial charge >= 0.3 is 12.1 Å². The van der Waals surface area contributed by atoms with Crippen LogP contribution in [0.15, 0.2) is 0 Å². The number of carbonyl (C=O) groups excluding carboxylic acids is 1. The number of amides is 1. The number of hydrogen-bond acceptors (Lipinski definition) is 1. The standard InChI is InChI=1S/C5H7F3NO/c1-3(2)9-4(10)5(6,7)8/h3H,1-2H3. The molecule has 1 radical (unpaired) electrons. The largest absolute Gasteiger partial charge is 0.473 e. The highest BCUT2D eigenvalue weighted by Gasteiger charge is 2.39. The molecule has 0 aliphatic heterocycles. The molecular weight excluding hydrogens is 147 g/mol. The van der Waals surface area contributed by atoms with Crippen molar-refractivity contribution in [3.8, 4) is 0 Å². The van der Waals surface area contributed by atoms with Crippen LogP contribution in [0, 0.1) is 0 Å². The molecule has 0 aliphatic carbocycles. The van der Waals surface area contributed by atoms with Gasteiger partial charge in [-0.2, -0.15) is 13.2 Å². The third-order valence-corrected chi connectivity index (χ3v) is 0.618. The predicted octanol–water partition coefficient (Wildman–Crippen LogP) is 1.09. The van der Waals surface area contributed by atoms with Crippen LogP contribution in [-0.4, -0.2) is 18.1 Å². The van der Waals surface area contributed by atoms with E-state index in [1.165, 1.54) is 13.8 Å². The van der Waals surface area contributed by atoms with Crippen molar-refractivity contribution in [3.63, 3.8) is 0 Å². The molecule has 10 heavy (non-hydrogen) atoms. The number of nitrogens with zero attached hydrogens (tertiary/aromatic N) is 1. The van der Waals surface area contributed by atoms with Gasteiger partial charge in [0.2, 0.25) is 0 Å². The summed E-state index contributed by atoms with van der Waals surface area (Å²) in [5.41, 5.74) is 0. The minimum absolute atomic E-state index is 0.603. The monoisotopic (exact) mass is 154 g/mol. The van der Waals surface area contributed by atoms with Crippen LogP contribution in [-0.2, 0) is 4.79 Å². The van der Waals surface area contributed by atoms with Crippen LogP contribution >= 0.6 is 0 Å². The third kappa shape index (κ3) is 3.32. The lowest BCUT2D eigenvalue weighted by Crippen LogP contribution is -2.35. The average Bonchev–Trinajstić information content (AvgIpc) is 1.60. The van der Waals surface area contributed by atoms with Crippen molar-refractivity contribution in [1.82, 2.24) is 5.32 Å². The van der Waals surface area contributed by atoms with Gasteiger partial charge in [-0.1, -0.05) is 0 Å². The molecule has 0 aromatic rings. The number of rotatable bonds is 1. The van der Waals surface area contributed by atoms with Gasteiger partial charge in [-0.3, -0.25) is 4.79 Å². The molecule has 0 unspecified atom stereocenters. The van der Waals surface area contributed by atoms with Gasteiger partial charge in [0.1, 0.15) is 0 Å².